The van der Waals surface area contributed by atoms with Gasteiger partial charge in [0.1, 0.15) is 28.2 Å². The number of fused-ring (bicyclic) bond motifs is 3. The first kappa shape index (κ1) is 17.2. The molecule has 0 atom stereocenters. The lowest BCUT2D eigenvalue weighted by atomic mass is 10.2. The molecule has 28 heavy (non-hydrogen) atoms. The molecule has 1 aliphatic rings. The van der Waals surface area contributed by atoms with Gasteiger partial charge in [0.05, 0.1) is 10.7 Å². The molecule has 1 saturated carbocycles. The highest BCUT2D eigenvalue weighted by Crippen LogP contribution is 2.39. The normalized spacial score (nSPS) is 14.9. The number of nitrogens with one attached hydrogen (secondary N) is 1. The number of para-hydroxylation sites is 1. The number of pyridine rings is 2. The predicted molar refractivity (Wildman–Crippen MR) is 99.0 cm³/mol. The molecule has 1 aliphatic carbocycles. The lowest BCUT2D eigenvalue weighted by Gasteiger charge is -2.13. The van der Waals surface area contributed by atoms with Crippen molar-refractivity contribution in [1.82, 2.24) is 19.5 Å². The molecule has 0 saturated heterocycles. The predicted octanol–water partition coefficient (Wildman–Crippen LogP) is 4.81. The van der Waals surface area contributed by atoms with Gasteiger partial charge >= 0.3 is 6.18 Å². The molecular weight excluding hydrogens is 393 g/mol. The van der Waals surface area contributed by atoms with Gasteiger partial charge in [-0.05, 0) is 37.1 Å². The molecule has 0 spiro atoms. The third-order valence-corrected chi connectivity index (χ3v) is 5.15. The van der Waals surface area contributed by atoms with Crippen molar-refractivity contribution in [2.45, 2.75) is 24.9 Å². The van der Waals surface area contributed by atoms with E-state index in [1.54, 1.807) is 24.3 Å². The monoisotopic (exact) mass is 404 g/mol. The van der Waals surface area contributed by atoms with E-state index in [-0.39, 0.29) is 27.8 Å². The van der Waals surface area contributed by atoms with Crippen molar-refractivity contribution in [3.05, 3.63) is 63.3 Å². The van der Waals surface area contributed by atoms with Crippen LogP contribution in [0.25, 0.3) is 27.8 Å². The van der Waals surface area contributed by atoms with Gasteiger partial charge in [0.2, 0.25) is 0 Å². The van der Waals surface area contributed by atoms with E-state index in [0.717, 1.165) is 23.5 Å². The van der Waals surface area contributed by atoms with Crippen LogP contribution in [-0.4, -0.2) is 19.5 Å². The molecule has 0 amide bonds. The van der Waals surface area contributed by atoms with E-state index < -0.39 is 17.4 Å². The summed E-state index contributed by atoms with van der Waals surface area (Å²) in [4.78, 5) is 24.5. The van der Waals surface area contributed by atoms with E-state index in [9.17, 15) is 18.0 Å². The maximum Gasteiger partial charge on any atom is 0.433 e. The summed E-state index contributed by atoms with van der Waals surface area (Å²) >= 11 is 6.24. The van der Waals surface area contributed by atoms with Crippen molar-refractivity contribution in [3.63, 3.8) is 0 Å². The number of benzene rings is 1. The van der Waals surface area contributed by atoms with E-state index in [4.69, 9.17) is 11.6 Å². The van der Waals surface area contributed by atoms with Gasteiger partial charge in [-0.1, -0.05) is 23.7 Å². The molecule has 3 aromatic heterocycles. The largest absolute Gasteiger partial charge is 0.433 e. The van der Waals surface area contributed by atoms with Crippen LogP contribution >= 0.6 is 11.6 Å². The zero-order valence-corrected chi connectivity index (χ0v) is 15.0. The number of hydrogen-bond acceptors (Lipinski definition) is 3. The van der Waals surface area contributed by atoms with Crippen molar-refractivity contribution in [2.75, 3.05) is 0 Å². The number of aromatic amines is 1. The van der Waals surface area contributed by atoms with Crippen LogP contribution in [0.4, 0.5) is 13.2 Å². The number of hydrogen-bond donors (Lipinski definition) is 1. The average molecular weight is 405 g/mol. The Labute approximate surface area is 160 Å². The number of alkyl halides is 3. The Bertz CT molecular complexity index is 1300. The number of nitrogens with zero attached hydrogens (tertiary/aromatic N) is 3. The van der Waals surface area contributed by atoms with Gasteiger partial charge in [0, 0.05) is 11.3 Å². The van der Waals surface area contributed by atoms with Crippen molar-refractivity contribution >= 4 is 33.7 Å². The first-order chi connectivity index (χ1) is 13.3. The quantitative estimate of drug-likeness (QED) is 0.521. The van der Waals surface area contributed by atoms with Crippen LogP contribution in [0.1, 0.15) is 30.3 Å². The smallest absolute Gasteiger partial charge is 0.337 e. The third-order valence-electron chi connectivity index (χ3n) is 4.83. The molecule has 0 radical (unpaired) electrons. The van der Waals surface area contributed by atoms with Crippen LogP contribution in [0.5, 0.6) is 0 Å². The Balaban J connectivity index is 1.95. The molecule has 1 N–H and O–H groups in total. The van der Waals surface area contributed by atoms with Crippen LogP contribution in [-0.2, 0) is 6.18 Å². The topological polar surface area (TPSA) is 63.6 Å². The standard InChI is InChI=1S/C19H12ClF3N4O/c20-11-3-1-2-4-12(11)27-17-10(7-8-13(24-17)19(21,22)23)14-15(18(27)28)26-16(25-14)9-5-6-9/h1-4,7-9H,5-6H2,(H,25,26). The number of aromatic nitrogens is 4. The fourth-order valence-corrected chi connectivity index (χ4v) is 3.54. The molecular formula is C19H12ClF3N4O. The number of H-pyrrole nitrogens is 1. The second kappa shape index (κ2) is 5.81. The van der Waals surface area contributed by atoms with Crippen LogP contribution < -0.4 is 5.56 Å². The Morgan fingerprint density at radius 3 is 2.54 bits per heavy atom. The molecule has 3 heterocycles. The molecule has 4 aromatic rings. The molecule has 5 rings (SSSR count). The first-order valence-corrected chi connectivity index (χ1v) is 9.00. The van der Waals surface area contributed by atoms with Gasteiger partial charge in [-0.25, -0.2) is 9.97 Å². The van der Waals surface area contributed by atoms with Crippen molar-refractivity contribution in [3.8, 4) is 5.69 Å². The summed E-state index contributed by atoms with van der Waals surface area (Å²) in [5.74, 6) is 0.920. The van der Waals surface area contributed by atoms with Crippen molar-refractivity contribution in [1.29, 1.82) is 0 Å². The van der Waals surface area contributed by atoms with E-state index in [1.807, 2.05) is 0 Å². The van der Waals surface area contributed by atoms with Crippen molar-refractivity contribution < 1.29 is 13.2 Å². The van der Waals surface area contributed by atoms with E-state index in [2.05, 4.69) is 15.0 Å². The third kappa shape index (κ3) is 2.59. The first-order valence-electron chi connectivity index (χ1n) is 8.62. The molecule has 1 aromatic carbocycles. The molecule has 1 fully saturated rings. The van der Waals surface area contributed by atoms with Crippen LogP contribution in [0, 0.1) is 0 Å². The number of rotatable bonds is 2. The van der Waals surface area contributed by atoms with Crippen LogP contribution in [0.15, 0.2) is 41.2 Å². The van der Waals surface area contributed by atoms with E-state index in [0.29, 0.717) is 16.7 Å². The van der Waals surface area contributed by atoms with Gasteiger partial charge in [0.15, 0.2) is 0 Å². The molecule has 9 heteroatoms. The number of imidazole rings is 1. The highest BCUT2D eigenvalue weighted by atomic mass is 35.5. The van der Waals surface area contributed by atoms with Gasteiger partial charge in [0.25, 0.3) is 5.56 Å². The van der Waals surface area contributed by atoms with E-state index in [1.165, 1.54) is 6.07 Å². The summed E-state index contributed by atoms with van der Waals surface area (Å²) in [6.45, 7) is 0. The summed E-state index contributed by atoms with van der Waals surface area (Å²) < 4.78 is 40.9. The van der Waals surface area contributed by atoms with Crippen LogP contribution in [0.2, 0.25) is 5.02 Å². The van der Waals surface area contributed by atoms with Gasteiger partial charge in [-0.3, -0.25) is 9.36 Å². The molecule has 0 bridgehead atoms. The molecule has 0 unspecified atom stereocenters. The fourth-order valence-electron chi connectivity index (χ4n) is 3.32. The minimum absolute atomic E-state index is 0.130. The zero-order chi connectivity index (χ0) is 19.6. The summed E-state index contributed by atoms with van der Waals surface area (Å²) in [5, 5.41) is 0.581. The van der Waals surface area contributed by atoms with Crippen molar-refractivity contribution in [2.24, 2.45) is 0 Å². The lowest BCUT2D eigenvalue weighted by molar-refractivity contribution is -0.141. The summed E-state index contributed by atoms with van der Waals surface area (Å²) in [7, 11) is 0. The second-order valence-corrected chi connectivity index (χ2v) is 7.18. The number of halogens is 4. The average Bonchev–Trinajstić information content (AvgIpc) is 3.40. The Morgan fingerprint density at radius 2 is 1.86 bits per heavy atom. The summed E-state index contributed by atoms with van der Waals surface area (Å²) in [5.41, 5.74) is -0.939. The zero-order valence-electron chi connectivity index (χ0n) is 14.2. The maximum absolute atomic E-state index is 13.3. The Hall–Kier alpha value is -2.87. The molecule has 0 aliphatic heterocycles. The minimum atomic E-state index is -4.64. The summed E-state index contributed by atoms with van der Waals surface area (Å²) in [6.07, 6.45) is -2.71. The van der Waals surface area contributed by atoms with Gasteiger partial charge in [-0.2, -0.15) is 13.2 Å². The minimum Gasteiger partial charge on any atom is -0.337 e. The maximum atomic E-state index is 13.3. The summed E-state index contributed by atoms with van der Waals surface area (Å²) in [6, 6.07) is 8.66. The van der Waals surface area contributed by atoms with Gasteiger partial charge in [-0.15, -0.1) is 0 Å². The Morgan fingerprint density at radius 1 is 1.11 bits per heavy atom. The highest BCUT2D eigenvalue weighted by molar-refractivity contribution is 6.32. The molecule has 142 valence electrons. The SMILES string of the molecule is O=c1c2[nH]c(C3CC3)nc2c2ccc(C(F)(F)F)nc2n1-c1ccccc1Cl. The lowest BCUT2D eigenvalue weighted by Crippen LogP contribution is -2.21. The molecule has 5 nitrogen and oxygen atoms in total. The van der Waals surface area contributed by atoms with Crippen LogP contribution in [0.3, 0.4) is 0 Å². The Kier molecular flexibility index (Phi) is 3.58. The highest BCUT2D eigenvalue weighted by Gasteiger charge is 2.34. The van der Waals surface area contributed by atoms with Gasteiger partial charge < -0.3 is 4.98 Å². The second-order valence-electron chi connectivity index (χ2n) is 6.78. The fraction of sp³-hybridized carbons (Fsp3) is 0.211. The van der Waals surface area contributed by atoms with E-state index >= 15 is 0 Å².